The molecule has 0 aromatic rings. The molecule has 4 bridgehead atoms. The molecule has 2 nitrogen and oxygen atoms in total. The van der Waals surface area contributed by atoms with Crippen LogP contribution in [0.4, 0.5) is 0 Å². The van der Waals surface area contributed by atoms with Crippen molar-refractivity contribution < 1.29 is 0 Å². The maximum atomic E-state index is 2.95. The minimum atomic E-state index is 0.729. The van der Waals surface area contributed by atoms with Crippen molar-refractivity contribution in [3.05, 3.63) is 0 Å². The van der Waals surface area contributed by atoms with E-state index < -0.39 is 0 Å². The van der Waals surface area contributed by atoms with Crippen LogP contribution in [-0.4, -0.2) is 47.6 Å². The molecule has 6 rings (SSSR count). The third-order valence-electron chi connectivity index (χ3n) is 7.30. The van der Waals surface area contributed by atoms with Gasteiger partial charge in [-0.15, -0.1) is 0 Å². The zero-order valence-corrected chi connectivity index (χ0v) is 12.2. The molecule has 2 heteroatoms. The Morgan fingerprint density at radius 2 is 1.47 bits per heavy atom. The van der Waals surface area contributed by atoms with Crippen molar-refractivity contribution in [1.29, 1.82) is 0 Å². The summed E-state index contributed by atoms with van der Waals surface area (Å²) in [5.41, 5.74) is 0.729. The average Bonchev–Trinajstić information content (AvgIpc) is 2.88. The summed E-state index contributed by atoms with van der Waals surface area (Å²) in [4.78, 5) is 5.87. The Bertz CT molecular complexity index is 369. The van der Waals surface area contributed by atoms with Gasteiger partial charge in [-0.1, -0.05) is 12.8 Å². The first-order valence-corrected chi connectivity index (χ1v) is 8.90. The predicted octanol–water partition coefficient (Wildman–Crippen LogP) is 2.74. The molecule has 2 heterocycles. The summed E-state index contributed by atoms with van der Waals surface area (Å²) in [6.45, 7) is 5.68. The van der Waals surface area contributed by atoms with Crippen molar-refractivity contribution in [1.82, 2.24) is 9.80 Å². The molecule has 3 unspecified atom stereocenters. The van der Waals surface area contributed by atoms with Gasteiger partial charge in [0, 0.05) is 11.6 Å². The zero-order chi connectivity index (χ0) is 12.4. The van der Waals surface area contributed by atoms with Crippen LogP contribution in [0.3, 0.4) is 0 Å². The monoisotopic (exact) mass is 260 g/mol. The number of nitrogens with zero attached hydrogens (tertiary/aromatic N) is 2. The molecular weight excluding hydrogens is 232 g/mol. The van der Waals surface area contributed by atoms with Crippen LogP contribution in [0, 0.1) is 17.8 Å². The van der Waals surface area contributed by atoms with E-state index in [2.05, 4.69) is 9.80 Å². The highest BCUT2D eigenvalue weighted by Gasteiger charge is 2.81. The second kappa shape index (κ2) is 3.98. The highest BCUT2D eigenvalue weighted by Crippen LogP contribution is 2.76. The molecule has 0 spiro atoms. The SMILES string of the molecule is C1CCN(C2C3[C@@H]4C[C@H]2CC34N2CCCCC2)CC1. The normalized spacial score (nSPS) is 53.7. The molecule has 4 aliphatic carbocycles. The van der Waals surface area contributed by atoms with Gasteiger partial charge in [-0.3, -0.25) is 9.80 Å². The third-order valence-corrected chi connectivity index (χ3v) is 7.30. The minimum absolute atomic E-state index is 0.729. The summed E-state index contributed by atoms with van der Waals surface area (Å²) in [5.74, 6) is 3.28. The van der Waals surface area contributed by atoms with Gasteiger partial charge in [0.1, 0.15) is 0 Å². The van der Waals surface area contributed by atoms with E-state index in [0.717, 1.165) is 29.3 Å². The summed E-state index contributed by atoms with van der Waals surface area (Å²) in [6.07, 6.45) is 12.0. The summed E-state index contributed by atoms with van der Waals surface area (Å²) in [6, 6.07) is 1.01. The van der Waals surface area contributed by atoms with E-state index in [9.17, 15) is 0 Å². The highest BCUT2D eigenvalue weighted by atomic mass is 15.3. The van der Waals surface area contributed by atoms with Crippen LogP contribution < -0.4 is 0 Å². The molecule has 4 saturated carbocycles. The fraction of sp³-hybridized carbons (Fsp3) is 1.00. The first-order valence-electron chi connectivity index (χ1n) is 8.90. The molecule has 5 atom stereocenters. The van der Waals surface area contributed by atoms with Gasteiger partial charge >= 0.3 is 0 Å². The molecule has 106 valence electrons. The quantitative estimate of drug-likeness (QED) is 0.753. The molecule has 0 N–H and O–H groups in total. The predicted molar refractivity (Wildman–Crippen MR) is 77.1 cm³/mol. The maximum absolute atomic E-state index is 2.95. The van der Waals surface area contributed by atoms with E-state index in [1.165, 1.54) is 64.7 Å². The number of likely N-dealkylation sites (tertiary alicyclic amines) is 2. The Labute approximate surface area is 117 Å². The van der Waals surface area contributed by atoms with Crippen LogP contribution in [0.5, 0.6) is 0 Å². The van der Waals surface area contributed by atoms with Crippen molar-refractivity contribution in [2.45, 2.75) is 62.9 Å². The van der Waals surface area contributed by atoms with Gasteiger partial charge in [0.25, 0.3) is 0 Å². The van der Waals surface area contributed by atoms with Gasteiger partial charge in [0.15, 0.2) is 0 Å². The van der Waals surface area contributed by atoms with E-state index in [1.807, 2.05) is 0 Å². The molecule has 0 radical (unpaired) electrons. The molecule has 0 aromatic heterocycles. The average molecular weight is 260 g/mol. The Morgan fingerprint density at radius 1 is 0.789 bits per heavy atom. The van der Waals surface area contributed by atoms with Crippen LogP contribution in [-0.2, 0) is 0 Å². The number of rotatable bonds is 2. The van der Waals surface area contributed by atoms with Crippen molar-refractivity contribution in [3.8, 4) is 0 Å². The largest absolute Gasteiger partial charge is 0.300 e. The van der Waals surface area contributed by atoms with Crippen LogP contribution in [0.1, 0.15) is 51.4 Å². The fourth-order valence-electron chi connectivity index (χ4n) is 6.72. The molecule has 2 aliphatic heterocycles. The van der Waals surface area contributed by atoms with Crippen LogP contribution >= 0.6 is 0 Å². The fourth-order valence-corrected chi connectivity index (χ4v) is 6.72. The topological polar surface area (TPSA) is 6.48 Å². The van der Waals surface area contributed by atoms with Gasteiger partial charge in [-0.05, 0) is 82.5 Å². The summed E-state index contributed by atoms with van der Waals surface area (Å²) in [7, 11) is 0. The van der Waals surface area contributed by atoms with E-state index in [0.29, 0.717) is 0 Å². The molecule has 6 fully saturated rings. The lowest BCUT2D eigenvalue weighted by atomic mass is 10.0. The smallest absolute Gasteiger partial charge is 0.0291 e. The van der Waals surface area contributed by atoms with Crippen molar-refractivity contribution in [2.75, 3.05) is 26.2 Å². The molecule has 19 heavy (non-hydrogen) atoms. The first kappa shape index (κ1) is 11.6. The summed E-state index contributed by atoms with van der Waals surface area (Å²) >= 11 is 0. The van der Waals surface area contributed by atoms with E-state index >= 15 is 0 Å². The standard InChI is InChI=1S/C17H28N2/c1-3-7-18(8-4-1)16-13-11-14-15(16)17(14,12-13)19-9-5-2-6-10-19/h13-16H,1-12H2/t13-,14-,15?,16?,17?/m0/s1. The zero-order valence-electron chi connectivity index (χ0n) is 12.2. The molecular formula is C17H28N2. The molecule has 6 aliphatic rings. The Balaban J connectivity index is 1.37. The molecule has 0 amide bonds. The van der Waals surface area contributed by atoms with Crippen molar-refractivity contribution >= 4 is 0 Å². The van der Waals surface area contributed by atoms with Gasteiger partial charge < -0.3 is 0 Å². The second-order valence-corrected chi connectivity index (χ2v) is 7.96. The van der Waals surface area contributed by atoms with Gasteiger partial charge in [0.2, 0.25) is 0 Å². The molecule has 2 saturated heterocycles. The van der Waals surface area contributed by atoms with Gasteiger partial charge in [0.05, 0.1) is 0 Å². The number of hydrogen-bond acceptors (Lipinski definition) is 2. The van der Waals surface area contributed by atoms with E-state index in [1.54, 1.807) is 12.8 Å². The van der Waals surface area contributed by atoms with Crippen molar-refractivity contribution in [2.24, 2.45) is 17.8 Å². The summed E-state index contributed by atoms with van der Waals surface area (Å²) < 4.78 is 0. The van der Waals surface area contributed by atoms with Gasteiger partial charge in [-0.2, -0.15) is 0 Å². The van der Waals surface area contributed by atoms with Crippen LogP contribution in [0.15, 0.2) is 0 Å². The highest BCUT2D eigenvalue weighted by molar-refractivity contribution is 5.34. The lowest BCUT2D eigenvalue weighted by molar-refractivity contribution is 0.118. The second-order valence-electron chi connectivity index (χ2n) is 7.96. The minimum Gasteiger partial charge on any atom is -0.300 e. The summed E-state index contributed by atoms with van der Waals surface area (Å²) in [5, 5.41) is 0. The number of piperidine rings is 2. The number of hydrogen-bond donors (Lipinski definition) is 0. The van der Waals surface area contributed by atoms with Crippen molar-refractivity contribution in [3.63, 3.8) is 0 Å². The Morgan fingerprint density at radius 3 is 2.16 bits per heavy atom. The lowest BCUT2D eigenvalue weighted by Crippen LogP contribution is -2.44. The van der Waals surface area contributed by atoms with E-state index in [-0.39, 0.29) is 0 Å². The van der Waals surface area contributed by atoms with E-state index in [4.69, 9.17) is 0 Å². The Hall–Kier alpha value is -0.0800. The van der Waals surface area contributed by atoms with Crippen LogP contribution in [0.25, 0.3) is 0 Å². The molecule has 0 aromatic carbocycles. The van der Waals surface area contributed by atoms with Gasteiger partial charge in [-0.25, -0.2) is 0 Å². The lowest BCUT2D eigenvalue weighted by Gasteiger charge is -2.36. The first-order chi connectivity index (χ1) is 9.41. The maximum Gasteiger partial charge on any atom is 0.0291 e. The van der Waals surface area contributed by atoms with Crippen LogP contribution in [0.2, 0.25) is 0 Å². The Kier molecular flexibility index (Phi) is 2.42. The third kappa shape index (κ3) is 1.40.